The van der Waals surface area contributed by atoms with Crippen LogP contribution in [0.1, 0.15) is 58.2 Å². The first kappa shape index (κ1) is 15.4. The average Bonchev–Trinajstić information content (AvgIpc) is 2.75. The standard InChI is InChI=1S/C15H27N3O2/c1-3-18-14(16-12-17-18)11-13(19)15(20-4-2)9-7-5-6-8-10-15/h12-13,19H,3-11H2,1-2H3. The van der Waals surface area contributed by atoms with Gasteiger partial charge in [0.05, 0.1) is 11.7 Å². The second-order valence-corrected chi connectivity index (χ2v) is 5.62. The van der Waals surface area contributed by atoms with E-state index in [1.54, 1.807) is 6.33 Å². The Hall–Kier alpha value is -0.940. The van der Waals surface area contributed by atoms with Crippen molar-refractivity contribution in [2.45, 2.75) is 77.0 Å². The van der Waals surface area contributed by atoms with Crippen LogP contribution in [0.15, 0.2) is 6.33 Å². The van der Waals surface area contributed by atoms with Gasteiger partial charge in [-0.1, -0.05) is 25.7 Å². The molecule has 2 rings (SSSR count). The van der Waals surface area contributed by atoms with E-state index in [0.717, 1.165) is 38.1 Å². The van der Waals surface area contributed by atoms with Crippen molar-refractivity contribution in [1.82, 2.24) is 14.8 Å². The quantitative estimate of drug-likeness (QED) is 0.813. The van der Waals surface area contributed by atoms with Crippen LogP contribution < -0.4 is 0 Å². The number of ether oxygens (including phenoxy) is 1. The van der Waals surface area contributed by atoms with Gasteiger partial charge in [-0.3, -0.25) is 4.68 Å². The molecule has 1 atom stereocenters. The summed E-state index contributed by atoms with van der Waals surface area (Å²) < 4.78 is 7.87. The van der Waals surface area contributed by atoms with Gasteiger partial charge < -0.3 is 9.84 Å². The second kappa shape index (κ2) is 7.18. The molecule has 0 amide bonds. The lowest BCUT2D eigenvalue weighted by Crippen LogP contribution is -2.46. The zero-order chi connectivity index (χ0) is 14.4. The van der Waals surface area contributed by atoms with E-state index in [1.807, 2.05) is 18.5 Å². The van der Waals surface area contributed by atoms with Gasteiger partial charge >= 0.3 is 0 Å². The molecule has 0 bridgehead atoms. The van der Waals surface area contributed by atoms with Gasteiger partial charge in [0.2, 0.25) is 0 Å². The van der Waals surface area contributed by atoms with Gasteiger partial charge in [0.1, 0.15) is 12.2 Å². The van der Waals surface area contributed by atoms with Gasteiger partial charge in [-0.15, -0.1) is 0 Å². The molecule has 1 heterocycles. The molecule has 1 aromatic heterocycles. The van der Waals surface area contributed by atoms with Gasteiger partial charge in [0, 0.05) is 19.6 Å². The van der Waals surface area contributed by atoms with Crippen molar-refractivity contribution in [3.05, 3.63) is 12.2 Å². The Labute approximate surface area is 121 Å². The molecule has 0 spiro atoms. The molecule has 0 radical (unpaired) electrons. The van der Waals surface area contributed by atoms with E-state index in [9.17, 15) is 5.11 Å². The molecule has 20 heavy (non-hydrogen) atoms. The third kappa shape index (κ3) is 3.38. The van der Waals surface area contributed by atoms with Crippen LogP contribution in [0.5, 0.6) is 0 Å². The summed E-state index contributed by atoms with van der Waals surface area (Å²) >= 11 is 0. The molecule has 1 unspecified atom stereocenters. The number of aryl methyl sites for hydroxylation is 1. The highest BCUT2D eigenvalue weighted by atomic mass is 16.5. The Morgan fingerprint density at radius 3 is 2.60 bits per heavy atom. The molecule has 5 heteroatoms. The lowest BCUT2D eigenvalue weighted by molar-refractivity contribution is -0.129. The van der Waals surface area contributed by atoms with Crippen LogP contribution in [0, 0.1) is 0 Å². The maximum atomic E-state index is 10.8. The Bertz CT molecular complexity index is 398. The molecule has 1 aliphatic carbocycles. The van der Waals surface area contributed by atoms with Crippen LogP contribution in [0.3, 0.4) is 0 Å². The summed E-state index contributed by atoms with van der Waals surface area (Å²) in [5.74, 6) is 0.850. The molecule has 114 valence electrons. The first-order valence-corrected chi connectivity index (χ1v) is 7.90. The number of aliphatic hydroxyl groups is 1. The fourth-order valence-electron chi connectivity index (χ4n) is 3.26. The largest absolute Gasteiger partial charge is 0.390 e. The molecular formula is C15H27N3O2. The van der Waals surface area contributed by atoms with Gasteiger partial charge in [0.15, 0.2) is 0 Å². The van der Waals surface area contributed by atoms with Crippen molar-refractivity contribution in [1.29, 1.82) is 0 Å². The fraction of sp³-hybridized carbons (Fsp3) is 0.867. The highest BCUT2D eigenvalue weighted by Gasteiger charge is 2.39. The molecule has 5 nitrogen and oxygen atoms in total. The van der Waals surface area contributed by atoms with Crippen LogP contribution in [0.4, 0.5) is 0 Å². The highest BCUT2D eigenvalue weighted by molar-refractivity contribution is 4.97. The normalized spacial score (nSPS) is 20.6. The molecule has 1 fully saturated rings. The monoisotopic (exact) mass is 281 g/mol. The molecular weight excluding hydrogens is 254 g/mol. The van der Waals surface area contributed by atoms with E-state index >= 15 is 0 Å². The van der Waals surface area contributed by atoms with E-state index in [2.05, 4.69) is 10.1 Å². The molecule has 1 aliphatic rings. The lowest BCUT2D eigenvalue weighted by Gasteiger charge is -2.37. The van der Waals surface area contributed by atoms with E-state index in [1.165, 1.54) is 12.8 Å². The maximum absolute atomic E-state index is 10.8. The van der Waals surface area contributed by atoms with Crippen LogP contribution in [-0.2, 0) is 17.7 Å². The van der Waals surface area contributed by atoms with Crippen molar-refractivity contribution < 1.29 is 9.84 Å². The number of hydrogen-bond donors (Lipinski definition) is 1. The Morgan fingerprint density at radius 2 is 2.00 bits per heavy atom. The first-order valence-electron chi connectivity index (χ1n) is 7.90. The SMILES string of the molecule is CCOC1(C(O)Cc2ncnn2CC)CCCCCC1. The summed E-state index contributed by atoms with van der Waals surface area (Å²) in [6.07, 6.45) is 8.23. The van der Waals surface area contributed by atoms with Crippen molar-refractivity contribution in [3.8, 4) is 0 Å². The molecule has 1 N–H and O–H groups in total. The number of aromatic nitrogens is 3. The smallest absolute Gasteiger partial charge is 0.138 e. The Kier molecular flexibility index (Phi) is 5.54. The van der Waals surface area contributed by atoms with E-state index < -0.39 is 11.7 Å². The zero-order valence-electron chi connectivity index (χ0n) is 12.7. The fourth-order valence-corrected chi connectivity index (χ4v) is 3.26. The van der Waals surface area contributed by atoms with Crippen molar-refractivity contribution >= 4 is 0 Å². The van der Waals surface area contributed by atoms with Crippen LogP contribution in [-0.4, -0.2) is 38.2 Å². The summed E-state index contributed by atoms with van der Waals surface area (Å²) in [6, 6.07) is 0. The Balaban J connectivity index is 2.11. The minimum atomic E-state index is -0.505. The summed E-state index contributed by atoms with van der Waals surface area (Å²) in [5, 5.41) is 14.9. The van der Waals surface area contributed by atoms with Crippen LogP contribution >= 0.6 is 0 Å². The first-order chi connectivity index (χ1) is 9.72. The third-order valence-corrected chi connectivity index (χ3v) is 4.36. The highest BCUT2D eigenvalue weighted by Crippen LogP contribution is 2.34. The van der Waals surface area contributed by atoms with Crippen LogP contribution in [0.25, 0.3) is 0 Å². The minimum absolute atomic E-state index is 0.393. The predicted octanol–water partition coefficient (Wildman–Crippen LogP) is 2.33. The molecule has 0 saturated heterocycles. The van der Waals surface area contributed by atoms with Gasteiger partial charge in [-0.05, 0) is 26.7 Å². The van der Waals surface area contributed by atoms with Gasteiger partial charge in [-0.25, -0.2) is 4.98 Å². The summed E-state index contributed by atoms with van der Waals surface area (Å²) in [6.45, 7) is 5.48. The van der Waals surface area contributed by atoms with Crippen molar-refractivity contribution in [2.24, 2.45) is 0 Å². The summed E-state index contributed by atoms with van der Waals surface area (Å²) in [4.78, 5) is 4.27. The topological polar surface area (TPSA) is 60.2 Å². The van der Waals surface area contributed by atoms with Gasteiger partial charge in [-0.2, -0.15) is 5.10 Å². The number of nitrogens with zero attached hydrogens (tertiary/aromatic N) is 3. The minimum Gasteiger partial charge on any atom is -0.390 e. The second-order valence-electron chi connectivity index (χ2n) is 5.62. The number of rotatable bonds is 6. The predicted molar refractivity (Wildman–Crippen MR) is 77.5 cm³/mol. The third-order valence-electron chi connectivity index (χ3n) is 4.36. The number of hydrogen-bond acceptors (Lipinski definition) is 4. The van der Waals surface area contributed by atoms with Crippen molar-refractivity contribution in [2.75, 3.05) is 6.61 Å². The van der Waals surface area contributed by atoms with E-state index in [0.29, 0.717) is 13.0 Å². The van der Waals surface area contributed by atoms with Crippen molar-refractivity contribution in [3.63, 3.8) is 0 Å². The molecule has 1 aromatic rings. The Morgan fingerprint density at radius 1 is 1.30 bits per heavy atom. The molecule has 1 saturated carbocycles. The van der Waals surface area contributed by atoms with E-state index in [-0.39, 0.29) is 0 Å². The maximum Gasteiger partial charge on any atom is 0.138 e. The molecule has 0 aliphatic heterocycles. The zero-order valence-corrected chi connectivity index (χ0v) is 12.7. The lowest BCUT2D eigenvalue weighted by atomic mass is 9.86. The average molecular weight is 281 g/mol. The summed E-state index contributed by atoms with van der Waals surface area (Å²) in [5.41, 5.74) is -0.393. The van der Waals surface area contributed by atoms with E-state index in [4.69, 9.17) is 4.74 Å². The molecule has 0 aromatic carbocycles. The number of aliphatic hydroxyl groups excluding tert-OH is 1. The van der Waals surface area contributed by atoms with Crippen LogP contribution in [0.2, 0.25) is 0 Å². The van der Waals surface area contributed by atoms with Gasteiger partial charge in [0.25, 0.3) is 0 Å². The summed E-state index contributed by atoms with van der Waals surface area (Å²) in [7, 11) is 0.